The smallest absolute Gasteiger partial charge is 0.338 e. The highest BCUT2D eigenvalue weighted by Gasteiger charge is 2.19. The summed E-state index contributed by atoms with van der Waals surface area (Å²) in [6, 6.07) is 36.8. The zero-order valence-corrected chi connectivity index (χ0v) is 37.3. The van der Waals surface area contributed by atoms with Crippen LogP contribution in [0.15, 0.2) is 109 Å². The van der Waals surface area contributed by atoms with E-state index in [0.29, 0.717) is 36.8 Å². The van der Waals surface area contributed by atoms with Crippen molar-refractivity contribution in [2.45, 2.75) is 111 Å². The lowest BCUT2D eigenvalue weighted by Crippen LogP contribution is -2.11. The van der Waals surface area contributed by atoms with Crippen LogP contribution in [-0.2, 0) is 29.5 Å². The molecular weight excluding hydrogens is 769 g/mol. The van der Waals surface area contributed by atoms with Gasteiger partial charge in [0.05, 0.1) is 46.4 Å². The Bertz CT molecular complexity index is 2600. The molecule has 5 aromatic carbocycles. The molecule has 1 atom stereocenters. The summed E-state index contributed by atoms with van der Waals surface area (Å²) in [5.74, 6) is 1.84. The van der Waals surface area contributed by atoms with E-state index in [1.54, 1.807) is 0 Å². The normalized spacial score (nSPS) is 12.0. The standard InChI is InChI=1S/C54H62N4O4/c1-6-8-22-38(3)43-23-13-15-25-45(43)53(59)61-33-19-11-9-10-12-20-34-62-54(60)46-26-16-14-24-44(46)41-31-29-40(30-32-41)37-58-49-36-42(35-39(4)51(49)56-50(58)21-7-2)52-55-47-27-17-18-28-48(47)57(52)5/h13-18,23-32,35-36,38H,6-12,19-22,33-34,37H2,1-5H3. The number of hydrogen-bond acceptors (Lipinski definition) is 6. The van der Waals surface area contributed by atoms with Crippen LogP contribution in [0.1, 0.15) is 134 Å². The van der Waals surface area contributed by atoms with Crippen molar-refractivity contribution in [2.75, 3.05) is 13.2 Å². The number of aromatic nitrogens is 4. The van der Waals surface area contributed by atoms with Gasteiger partial charge in [-0.2, -0.15) is 0 Å². The number of ether oxygens (including phenoxy) is 2. The van der Waals surface area contributed by atoms with Gasteiger partial charge in [-0.25, -0.2) is 19.6 Å². The number of esters is 2. The second-order valence-electron chi connectivity index (χ2n) is 16.8. The number of rotatable bonds is 21. The Labute approximate surface area is 367 Å². The molecule has 7 rings (SSSR count). The number of hydrogen-bond donors (Lipinski definition) is 0. The van der Waals surface area contributed by atoms with E-state index in [-0.39, 0.29) is 11.9 Å². The van der Waals surface area contributed by atoms with E-state index in [9.17, 15) is 9.59 Å². The molecule has 1 unspecified atom stereocenters. The maximum atomic E-state index is 13.4. The zero-order chi connectivity index (χ0) is 43.4. The summed E-state index contributed by atoms with van der Waals surface area (Å²) in [6.45, 7) is 10.2. The quantitative estimate of drug-likeness (QED) is 0.0529. The maximum absolute atomic E-state index is 13.4. The molecule has 0 aliphatic heterocycles. The molecule has 2 aromatic heterocycles. The molecule has 0 saturated heterocycles. The molecule has 8 heteroatoms. The number of benzene rings is 5. The number of fused-ring (bicyclic) bond motifs is 2. The molecule has 0 spiro atoms. The highest BCUT2D eigenvalue weighted by atomic mass is 16.5. The fourth-order valence-electron chi connectivity index (χ4n) is 8.62. The molecule has 0 aliphatic carbocycles. The average Bonchev–Trinajstić information content (AvgIpc) is 3.82. The van der Waals surface area contributed by atoms with E-state index in [0.717, 1.165) is 138 Å². The number of carbonyl (C=O) groups excluding carboxylic acids is 2. The van der Waals surface area contributed by atoms with Crippen molar-refractivity contribution < 1.29 is 19.1 Å². The lowest BCUT2D eigenvalue weighted by atomic mass is 9.91. The molecule has 0 saturated carbocycles. The minimum Gasteiger partial charge on any atom is -0.462 e. The third kappa shape index (κ3) is 10.4. The van der Waals surface area contributed by atoms with Gasteiger partial charge in [0.25, 0.3) is 0 Å². The fourth-order valence-corrected chi connectivity index (χ4v) is 8.62. The van der Waals surface area contributed by atoms with Crippen LogP contribution in [0.2, 0.25) is 0 Å². The first-order valence-electron chi connectivity index (χ1n) is 22.8. The maximum Gasteiger partial charge on any atom is 0.338 e. The first kappa shape index (κ1) is 44.0. The summed E-state index contributed by atoms with van der Waals surface area (Å²) < 4.78 is 16.0. The first-order valence-corrected chi connectivity index (χ1v) is 22.8. The molecule has 0 aliphatic rings. The molecule has 0 N–H and O–H groups in total. The fraction of sp³-hybridized carbons (Fsp3) is 0.370. The molecular formula is C54H62N4O4. The van der Waals surface area contributed by atoms with Gasteiger partial charge in [0.2, 0.25) is 0 Å². The van der Waals surface area contributed by atoms with E-state index in [4.69, 9.17) is 19.4 Å². The third-order valence-corrected chi connectivity index (χ3v) is 12.1. The van der Waals surface area contributed by atoms with Gasteiger partial charge in [0, 0.05) is 25.6 Å². The minimum atomic E-state index is -0.298. The van der Waals surface area contributed by atoms with E-state index < -0.39 is 0 Å². The number of para-hydroxylation sites is 2. The van der Waals surface area contributed by atoms with Crippen LogP contribution in [-0.4, -0.2) is 44.3 Å². The summed E-state index contributed by atoms with van der Waals surface area (Å²) in [5, 5.41) is 0. The topological polar surface area (TPSA) is 88.2 Å². The number of aryl methyl sites for hydroxylation is 3. The van der Waals surface area contributed by atoms with Crippen LogP contribution >= 0.6 is 0 Å². The van der Waals surface area contributed by atoms with Crippen molar-refractivity contribution in [3.05, 3.63) is 143 Å². The molecule has 0 amide bonds. The molecule has 0 fully saturated rings. The first-order chi connectivity index (χ1) is 30.3. The second kappa shape index (κ2) is 21.2. The Hall–Kier alpha value is -6.02. The van der Waals surface area contributed by atoms with Crippen molar-refractivity contribution in [3.8, 4) is 22.5 Å². The van der Waals surface area contributed by atoms with Gasteiger partial charge >= 0.3 is 11.9 Å². The van der Waals surface area contributed by atoms with Gasteiger partial charge < -0.3 is 18.6 Å². The van der Waals surface area contributed by atoms with Crippen molar-refractivity contribution >= 4 is 34.0 Å². The molecule has 2 heterocycles. The predicted octanol–water partition coefficient (Wildman–Crippen LogP) is 13.2. The molecule has 7 aromatic rings. The van der Waals surface area contributed by atoms with Crippen molar-refractivity contribution in [3.63, 3.8) is 0 Å². The molecule has 0 radical (unpaired) electrons. The highest BCUT2D eigenvalue weighted by Crippen LogP contribution is 2.32. The Morgan fingerprint density at radius 3 is 2.02 bits per heavy atom. The zero-order valence-electron chi connectivity index (χ0n) is 37.3. The number of imidazole rings is 2. The predicted molar refractivity (Wildman–Crippen MR) is 252 cm³/mol. The summed E-state index contributed by atoms with van der Waals surface area (Å²) in [6.07, 6.45) is 11.0. The van der Waals surface area contributed by atoms with E-state index in [1.807, 2.05) is 48.5 Å². The summed E-state index contributed by atoms with van der Waals surface area (Å²) in [5.41, 5.74) is 11.8. The number of carbonyl (C=O) groups is 2. The Balaban J connectivity index is 0.903. The second-order valence-corrected chi connectivity index (χ2v) is 16.8. The van der Waals surface area contributed by atoms with E-state index >= 15 is 0 Å². The lowest BCUT2D eigenvalue weighted by molar-refractivity contribution is 0.0484. The Morgan fingerprint density at radius 2 is 1.31 bits per heavy atom. The van der Waals surface area contributed by atoms with Gasteiger partial charge in [-0.1, -0.05) is 132 Å². The van der Waals surface area contributed by atoms with Gasteiger partial charge in [-0.05, 0) is 103 Å². The van der Waals surface area contributed by atoms with Crippen molar-refractivity contribution in [2.24, 2.45) is 7.05 Å². The van der Waals surface area contributed by atoms with Gasteiger partial charge in [-0.15, -0.1) is 0 Å². The molecule has 322 valence electrons. The van der Waals surface area contributed by atoms with Crippen LogP contribution < -0.4 is 0 Å². The van der Waals surface area contributed by atoms with Crippen molar-refractivity contribution in [1.29, 1.82) is 0 Å². The SMILES string of the molecule is CCCCC(C)c1ccccc1C(=O)OCCCCCCCCOC(=O)c1ccccc1-c1ccc(Cn2c(CCC)nc3c(C)cc(-c4nc5ccccc5n4C)cc32)cc1. The largest absolute Gasteiger partial charge is 0.462 e. The molecule has 8 nitrogen and oxygen atoms in total. The molecule has 62 heavy (non-hydrogen) atoms. The molecule has 0 bridgehead atoms. The van der Waals surface area contributed by atoms with Crippen LogP contribution in [0.25, 0.3) is 44.6 Å². The monoisotopic (exact) mass is 830 g/mol. The summed E-state index contributed by atoms with van der Waals surface area (Å²) >= 11 is 0. The van der Waals surface area contributed by atoms with Crippen LogP contribution in [0.3, 0.4) is 0 Å². The number of nitrogens with zero attached hydrogens (tertiary/aromatic N) is 4. The lowest BCUT2D eigenvalue weighted by Gasteiger charge is -2.15. The Kier molecular flexibility index (Phi) is 15.0. The average molecular weight is 831 g/mol. The van der Waals surface area contributed by atoms with E-state index in [2.05, 4.69) is 105 Å². The van der Waals surface area contributed by atoms with Gasteiger partial charge in [-0.3, -0.25) is 0 Å². The van der Waals surface area contributed by atoms with Gasteiger partial charge in [0.15, 0.2) is 0 Å². The minimum absolute atomic E-state index is 0.217. The van der Waals surface area contributed by atoms with Crippen LogP contribution in [0, 0.1) is 6.92 Å². The van der Waals surface area contributed by atoms with Crippen LogP contribution in [0.4, 0.5) is 0 Å². The highest BCUT2D eigenvalue weighted by molar-refractivity contribution is 5.97. The van der Waals surface area contributed by atoms with Crippen LogP contribution in [0.5, 0.6) is 0 Å². The Morgan fingerprint density at radius 1 is 0.661 bits per heavy atom. The van der Waals surface area contributed by atoms with Crippen molar-refractivity contribution in [1.82, 2.24) is 19.1 Å². The summed E-state index contributed by atoms with van der Waals surface area (Å²) in [7, 11) is 2.08. The van der Waals surface area contributed by atoms with Gasteiger partial charge in [0.1, 0.15) is 11.6 Å². The summed E-state index contributed by atoms with van der Waals surface area (Å²) in [4.78, 5) is 36.4. The third-order valence-electron chi connectivity index (χ3n) is 12.1. The van der Waals surface area contributed by atoms with E-state index in [1.165, 1.54) is 0 Å². The number of unbranched alkanes of at least 4 members (excludes halogenated alkanes) is 6.